The van der Waals surface area contributed by atoms with Crippen molar-refractivity contribution in [3.05, 3.63) is 90.0 Å². The zero-order chi connectivity index (χ0) is 23.1. The second-order valence-electron chi connectivity index (χ2n) is 7.24. The van der Waals surface area contributed by atoms with Gasteiger partial charge in [0.1, 0.15) is 30.6 Å². The maximum absolute atomic E-state index is 14.9. The summed E-state index contributed by atoms with van der Waals surface area (Å²) in [7, 11) is 0. The lowest BCUT2D eigenvalue weighted by atomic mass is 9.98. The van der Waals surface area contributed by atoms with Crippen molar-refractivity contribution in [3.8, 4) is 28.0 Å². The lowest BCUT2D eigenvalue weighted by Crippen LogP contribution is -2.13. The molecule has 0 aliphatic rings. The minimum atomic E-state index is -0.505. The van der Waals surface area contributed by atoms with Crippen molar-refractivity contribution in [1.29, 1.82) is 0 Å². The quantitative estimate of drug-likeness (QED) is 0.279. The maximum atomic E-state index is 14.9. The Labute approximate surface area is 185 Å². The molecule has 1 N–H and O–H groups in total. The van der Waals surface area contributed by atoms with Crippen molar-refractivity contribution in [2.75, 3.05) is 19.8 Å². The third-order valence-corrected chi connectivity index (χ3v) is 4.84. The summed E-state index contributed by atoms with van der Waals surface area (Å²) < 4.78 is 39.7. The molecule has 0 unspecified atom stereocenters. The number of rotatable bonds is 9. The molecule has 3 aromatic carbocycles. The van der Waals surface area contributed by atoms with E-state index >= 15 is 0 Å². The second-order valence-corrected chi connectivity index (χ2v) is 7.24. The predicted molar refractivity (Wildman–Crippen MR) is 119 cm³/mol. The average Bonchev–Trinajstić information content (AvgIpc) is 2.78. The second kappa shape index (κ2) is 10.7. The molecule has 0 aromatic heterocycles. The monoisotopic (exact) mass is 438 g/mol. The van der Waals surface area contributed by atoms with Gasteiger partial charge < -0.3 is 14.6 Å². The lowest BCUT2D eigenvalue weighted by molar-refractivity contribution is -0.139. The van der Waals surface area contributed by atoms with Gasteiger partial charge in [0, 0.05) is 23.3 Å². The van der Waals surface area contributed by atoms with E-state index in [1.165, 1.54) is 12.1 Å². The lowest BCUT2D eigenvalue weighted by Gasteiger charge is -2.14. The molecule has 3 aromatic rings. The molecule has 0 atom stereocenters. The van der Waals surface area contributed by atoms with Gasteiger partial charge in [-0.25, -0.2) is 13.6 Å². The first-order valence-corrected chi connectivity index (χ1v) is 10.1. The Kier molecular flexibility index (Phi) is 7.73. The van der Waals surface area contributed by atoms with Gasteiger partial charge in [-0.1, -0.05) is 49.0 Å². The van der Waals surface area contributed by atoms with Gasteiger partial charge in [0.2, 0.25) is 0 Å². The summed E-state index contributed by atoms with van der Waals surface area (Å²) in [6.45, 7) is 5.11. The van der Waals surface area contributed by atoms with Crippen molar-refractivity contribution in [2.24, 2.45) is 0 Å². The van der Waals surface area contributed by atoms with E-state index in [4.69, 9.17) is 9.47 Å². The molecule has 6 heteroatoms. The van der Waals surface area contributed by atoms with E-state index in [9.17, 15) is 18.7 Å². The third-order valence-electron chi connectivity index (χ3n) is 4.84. The number of esters is 1. The molecule has 0 aliphatic heterocycles. The van der Waals surface area contributed by atoms with Gasteiger partial charge in [-0.3, -0.25) is 0 Å². The van der Waals surface area contributed by atoms with Crippen LogP contribution in [0.2, 0.25) is 0 Å². The van der Waals surface area contributed by atoms with Crippen LogP contribution in [-0.2, 0) is 16.0 Å². The molecule has 0 saturated heterocycles. The number of hydrogen-bond acceptors (Lipinski definition) is 4. The largest absolute Gasteiger partial charge is 0.490 e. The molecule has 0 heterocycles. The highest BCUT2D eigenvalue weighted by atomic mass is 19.1. The molecule has 32 heavy (non-hydrogen) atoms. The van der Waals surface area contributed by atoms with Crippen LogP contribution in [0.3, 0.4) is 0 Å². The van der Waals surface area contributed by atoms with E-state index in [0.717, 1.165) is 5.56 Å². The van der Waals surface area contributed by atoms with Crippen LogP contribution in [0, 0.1) is 11.6 Å². The Hall–Kier alpha value is -3.51. The summed E-state index contributed by atoms with van der Waals surface area (Å²) in [5, 5.41) is 9.32. The summed E-state index contributed by atoms with van der Waals surface area (Å²) in [5.41, 5.74) is 2.70. The fourth-order valence-corrected chi connectivity index (χ4v) is 3.20. The SMILES string of the molecule is C=C(C)C(=O)OCCOc1cc(-c2ccc(-c3ccccc3F)cc2F)ccc1CCO. The van der Waals surface area contributed by atoms with Crippen LogP contribution in [0.25, 0.3) is 22.3 Å². The van der Waals surface area contributed by atoms with Crippen molar-refractivity contribution in [3.63, 3.8) is 0 Å². The first-order valence-electron chi connectivity index (χ1n) is 10.1. The average molecular weight is 438 g/mol. The van der Waals surface area contributed by atoms with Gasteiger partial charge in [-0.05, 0) is 48.2 Å². The summed E-state index contributed by atoms with van der Waals surface area (Å²) in [6.07, 6.45) is 0.357. The van der Waals surface area contributed by atoms with Gasteiger partial charge >= 0.3 is 5.97 Å². The zero-order valence-electron chi connectivity index (χ0n) is 17.7. The van der Waals surface area contributed by atoms with Crippen LogP contribution in [0.15, 0.2) is 72.8 Å². The molecule has 4 nitrogen and oxygen atoms in total. The number of aliphatic hydroxyl groups is 1. The number of carbonyl (C=O) groups is 1. The molecule has 0 aliphatic carbocycles. The normalized spacial score (nSPS) is 10.6. The molecule has 0 bridgehead atoms. The Balaban J connectivity index is 1.83. The van der Waals surface area contributed by atoms with E-state index < -0.39 is 17.6 Å². The molecule has 3 rings (SSSR count). The number of hydrogen-bond donors (Lipinski definition) is 1. The Morgan fingerprint density at radius 1 is 0.938 bits per heavy atom. The number of ether oxygens (including phenoxy) is 2. The van der Waals surface area contributed by atoms with Gasteiger partial charge in [0.15, 0.2) is 0 Å². The van der Waals surface area contributed by atoms with Crippen molar-refractivity contribution < 1.29 is 28.2 Å². The van der Waals surface area contributed by atoms with Crippen LogP contribution in [0.4, 0.5) is 8.78 Å². The molecule has 166 valence electrons. The summed E-state index contributed by atoms with van der Waals surface area (Å²) >= 11 is 0. The van der Waals surface area contributed by atoms with Crippen LogP contribution in [0.5, 0.6) is 5.75 Å². The summed E-state index contributed by atoms with van der Waals surface area (Å²) in [4.78, 5) is 11.5. The van der Waals surface area contributed by atoms with Gasteiger partial charge in [-0.2, -0.15) is 0 Å². The van der Waals surface area contributed by atoms with Gasteiger partial charge in [0.25, 0.3) is 0 Å². The van der Waals surface area contributed by atoms with Crippen molar-refractivity contribution >= 4 is 5.97 Å². The number of aliphatic hydroxyl groups excluding tert-OH is 1. The molecular weight excluding hydrogens is 414 g/mol. The smallest absolute Gasteiger partial charge is 0.333 e. The fourth-order valence-electron chi connectivity index (χ4n) is 3.20. The van der Waals surface area contributed by atoms with Crippen LogP contribution in [-0.4, -0.2) is 30.9 Å². The van der Waals surface area contributed by atoms with Crippen molar-refractivity contribution in [1.82, 2.24) is 0 Å². The van der Waals surface area contributed by atoms with Crippen LogP contribution >= 0.6 is 0 Å². The highest BCUT2D eigenvalue weighted by molar-refractivity contribution is 5.86. The highest BCUT2D eigenvalue weighted by Crippen LogP contribution is 2.32. The zero-order valence-corrected chi connectivity index (χ0v) is 17.7. The van der Waals surface area contributed by atoms with E-state index in [1.807, 2.05) is 0 Å². The molecule has 0 spiro atoms. The summed E-state index contributed by atoms with van der Waals surface area (Å²) in [5.74, 6) is -0.964. The molecular formula is C26H24F2O4. The van der Waals surface area contributed by atoms with Crippen molar-refractivity contribution in [2.45, 2.75) is 13.3 Å². The number of carbonyl (C=O) groups excluding carboxylic acids is 1. The summed E-state index contributed by atoms with van der Waals surface area (Å²) in [6, 6.07) is 15.9. The number of halogens is 2. The standard InChI is InChI=1S/C26H24F2O4/c1-17(2)26(30)32-14-13-31-25-16-20(8-7-18(25)11-12-29)22-10-9-19(15-24(22)28)21-5-3-4-6-23(21)27/h3-10,15-16,29H,1,11-14H2,2H3. The van der Waals surface area contributed by atoms with Crippen LogP contribution < -0.4 is 4.74 Å². The fraction of sp³-hybridized carbons (Fsp3) is 0.192. The van der Waals surface area contributed by atoms with E-state index in [1.54, 1.807) is 55.5 Å². The molecule has 0 radical (unpaired) electrons. The Morgan fingerprint density at radius 3 is 2.31 bits per heavy atom. The molecule has 0 saturated carbocycles. The molecule has 0 fully saturated rings. The minimum Gasteiger partial charge on any atom is -0.490 e. The third kappa shape index (κ3) is 5.59. The van der Waals surface area contributed by atoms with E-state index in [2.05, 4.69) is 6.58 Å². The number of benzene rings is 3. The first-order chi connectivity index (χ1) is 15.4. The maximum Gasteiger partial charge on any atom is 0.333 e. The Bertz CT molecular complexity index is 1120. The van der Waals surface area contributed by atoms with Gasteiger partial charge in [-0.15, -0.1) is 0 Å². The van der Waals surface area contributed by atoms with E-state index in [-0.39, 0.29) is 19.8 Å². The van der Waals surface area contributed by atoms with Crippen LogP contribution in [0.1, 0.15) is 12.5 Å². The van der Waals surface area contributed by atoms with E-state index in [0.29, 0.717) is 40.0 Å². The highest BCUT2D eigenvalue weighted by Gasteiger charge is 2.13. The first kappa shape index (κ1) is 23.2. The predicted octanol–water partition coefficient (Wildman–Crippen LogP) is 5.33. The molecule has 0 amide bonds. The minimum absolute atomic E-state index is 0.0280. The van der Waals surface area contributed by atoms with Gasteiger partial charge in [0.05, 0.1) is 0 Å². The topological polar surface area (TPSA) is 55.8 Å². The Morgan fingerprint density at radius 2 is 1.62 bits per heavy atom.